The molecule has 0 heterocycles. The summed E-state index contributed by atoms with van der Waals surface area (Å²) >= 11 is 0. The highest BCUT2D eigenvalue weighted by Crippen LogP contribution is 2.14. The maximum atomic E-state index is 12.6. The number of rotatable bonds is 5. The van der Waals surface area contributed by atoms with Crippen molar-refractivity contribution in [3.8, 4) is 0 Å². The number of hydrogen-bond acceptors (Lipinski definition) is 2. The lowest BCUT2D eigenvalue weighted by Crippen LogP contribution is -1.96. The zero-order valence-electron chi connectivity index (χ0n) is 11.2. The molecule has 1 atom stereocenters. The molecule has 1 unspecified atom stereocenters. The van der Waals surface area contributed by atoms with Crippen molar-refractivity contribution in [2.75, 3.05) is 6.54 Å². The summed E-state index contributed by atoms with van der Waals surface area (Å²) in [6.07, 6.45) is 3.87. The Morgan fingerprint density at radius 1 is 1.00 bits per heavy atom. The molecule has 0 saturated heterocycles. The summed E-state index contributed by atoms with van der Waals surface area (Å²) in [6, 6.07) is 19.2. The van der Waals surface area contributed by atoms with Crippen LogP contribution in [-0.4, -0.2) is 10.8 Å². The second-order valence-electron chi connectivity index (χ2n) is 4.17. The van der Waals surface area contributed by atoms with Crippen LogP contribution in [0.5, 0.6) is 0 Å². The summed E-state index contributed by atoms with van der Waals surface area (Å²) in [7, 11) is -2.52. The molecule has 0 aromatic heterocycles. The monoisotopic (exact) mass is 283 g/mol. The van der Waals surface area contributed by atoms with Crippen LogP contribution in [0.25, 0.3) is 6.08 Å². The molecule has 0 aliphatic carbocycles. The molecule has 0 fully saturated rings. The van der Waals surface area contributed by atoms with Gasteiger partial charge >= 0.3 is 0 Å². The van der Waals surface area contributed by atoms with E-state index in [2.05, 4.69) is 10.9 Å². The van der Waals surface area contributed by atoms with Crippen LogP contribution in [0.2, 0.25) is 0 Å². The molecule has 0 saturated carbocycles. The summed E-state index contributed by atoms with van der Waals surface area (Å²) in [5.74, 6) is 0. The second kappa shape index (κ2) is 6.87. The van der Waals surface area contributed by atoms with Crippen LogP contribution >= 0.6 is 0 Å². The van der Waals surface area contributed by atoms with Gasteiger partial charge in [-0.05, 0) is 17.7 Å². The SMILES string of the molecule is C=CS(=O)(=NC/C=C/c1ccccc1)c1ccccc1. The first-order valence-corrected chi connectivity index (χ1v) is 7.94. The van der Waals surface area contributed by atoms with E-state index in [0.717, 1.165) is 5.56 Å². The third-order valence-electron chi connectivity index (χ3n) is 2.79. The first kappa shape index (κ1) is 14.3. The fraction of sp³-hybridized carbons (Fsp3) is 0.0588. The molecule has 0 spiro atoms. The molecule has 3 heteroatoms. The van der Waals surface area contributed by atoms with Crippen LogP contribution in [0.3, 0.4) is 0 Å². The molecular formula is C17H17NOS. The zero-order chi connectivity index (χ0) is 14.3. The van der Waals surface area contributed by atoms with E-state index in [4.69, 9.17) is 0 Å². The Bertz CT molecular complexity index is 696. The molecular weight excluding hydrogens is 266 g/mol. The highest BCUT2D eigenvalue weighted by molar-refractivity contribution is 7.96. The van der Waals surface area contributed by atoms with Gasteiger partial charge in [-0.3, -0.25) is 0 Å². The Morgan fingerprint density at radius 3 is 2.20 bits per heavy atom. The van der Waals surface area contributed by atoms with Crippen molar-refractivity contribution in [3.05, 3.63) is 84.3 Å². The lowest BCUT2D eigenvalue weighted by atomic mass is 10.2. The van der Waals surface area contributed by atoms with Crippen molar-refractivity contribution in [3.63, 3.8) is 0 Å². The Kier molecular flexibility index (Phi) is 4.91. The maximum Gasteiger partial charge on any atom is 0.0966 e. The van der Waals surface area contributed by atoms with Gasteiger partial charge in [-0.25, -0.2) is 8.57 Å². The summed E-state index contributed by atoms with van der Waals surface area (Å²) in [5.41, 5.74) is 1.10. The highest BCUT2D eigenvalue weighted by Gasteiger charge is 2.05. The molecule has 2 aromatic rings. The largest absolute Gasteiger partial charge is 0.240 e. The molecule has 2 aromatic carbocycles. The predicted molar refractivity (Wildman–Crippen MR) is 85.8 cm³/mol. The quantitative estimate of drug-likeness (QED) is 0.801. The van der Waals surface area contributed by atoms with E-state index in [1.54, 1.807) is 0 Å². The molecule has 2 rings (SSSR count). The normalized spacial score (nSPS) is 13.8. The summed E-state index contributed by atoms with van der Waals surface area (Å²) in [4.78, 5) is 0.697. The lowest BCUT2D eigenvalue weighted by molar-refractivity contribution is 0.681. The van der Waals surface area contributed by atoms with Crippen molar-refractivity contribution in [1.29, 1.82) is 0 Å². The van der Waals surface area contributed by atoms with Gasteiger partial charge in [0.15, 0.2) is 0 Å². The Morgan fingerprint density at radius 2 is 1.60 bits per heavy atom. The third-order valence-corrected chi connectivity index (χ3v) is 4.72. The average molecular weight is 283 g/mol. The second-order valence-corrected chi connectivity index (χ2v) is 6.37. The molecule has 0 aliphatic rings. The van der Waals surface area contributed by atoms with Crippen LogP contribution in [0.1, 0.15) is 5.56 Å². The number of nitrogens with zero attached hydrogens (tertiary/aromatic N) is 1. The average Bonchev–Trinajstić information content (AvgIpc) is 2.53. The van der Waals surface area contributed by atoms with E-state index in [-0.39, 0.29) is 0 Å². The molecule has 102 valence electrons. The van der Waals surface area contributed by atoms with Crippen LogP contribution in [0.4, 0.5) is 0 Å². The number of benzene rings is 2. The van der Waals surface area contributed by atoms with Crippen molar-refractivity contribution < 1.29 is 4.21 Å². The lowest BCUT2D eigenvalue weighted by Gasteiger charge is -2.03. The van der Waals surface area contributed by atoms with Gasteiger partial charge in [-0.2, -0.15) is 0 Å². The van der Waals surface area contributed by atoms with Gasteiger partial charge in [-0.15, -0.1) is 0 Å². The minimum atomic E-state index is -2.52. The molecule has 0 aliphatic heterocycles. The third kappa shape index (κ3) is 3.68. The van der Waals surface area contributed by atoms with Crippen LogP contribution in [-0.2, 0) is 9.73 Å². The van der Waals surface area contributed by atoms with Gasteiger partial charge in [0, 0.05) is 5.41 Å². The first-order chi connectivity index (χ1) is 9.74. The molecule has 0 bridgehead atoms. The summed E-state index contributed by atoms with van der Waals surface area (Å²) in [5, 5.41) is 1.43. The van der Waals surface area contributed by atoms with E-state index in [1.807, 2.05) is 72.8 Å². The van der Waals surface area contributed by atoms with E-state index in [1.165, 1.54) is 5.41 Å². The van der Waals surface area contributed by atoms with Gasteiger partial charge in [0.1, 0.15) is 0 Å². The minimum absolute atomic E-state index is 0.397. The van der Waals surface area contributed by atoms with Crippen LogP contribution < -0.4 is 0 Å². The van der Waals surface area contributed by atoms with Crippen LogP contribution in [0.15, 0.2) is 88.0 Å². The Hall–Kier alpha value is -2.13. The van der Waals surface area contributed by atoms with E-state index in [0.29, 0.717) is 11.4 Å². The first-order valence-electron chi connectivity index (χ1n) is 6.37. The number of hydrogen-bond donors (Lipinski definition) is 0. The molecule has 0 radical (unpaired) electrons. The van der Waals surface area contributed by atoms with Gasteiger partial charge in [0.25, 0.3) is 0 Å². The van der Waals surface area contributed by atoms with Crippen molar-refractivity contribution >= 4 is 15.8 Å². The standard InChI is InChI=1S/C17H17NOS/c1-2-20(19,17-13-7-4-8-14-17)18-15-9-12-16-10-5-3-6-11-16/h2-14H,1,15H2/b12-9+. The topological polar surface area (TPSA) is 29.4 Å². The van der Waals surface area contributed by atoms with Gasteiger partial charge in [0.05, 0.1) is 21.2 Å². The zero-order valence-corrected chi connectivity index (χ0v) is 12.0. The van der Waals surface area contributed by atoms with Gasteiger partial charge in [-0.1, -0.05) is 67.3 Å². The molecule has 20 heavy (non-hydrogen) atoms. The Balaban J connectivity index is 2.15. The molecule has 0 amide bonds. The fourth-order valence-corrected chi connectivity index (χ4v) is 3.05. The minimum Gasteiger partial charge on any atom is -0.240 e. The predicted octanol–water partition coefficient (Wildman–Crippen LogP) is 4.37. The molecule has 0 N–H and O–H groups in total. The Labute approximate surface area is 120 Å². The smallest absolute Gasteiger partial charge is 0.0966 e. The molecule has 2 nitrogen and oxygen atoms in total. The van der Waals surface area contributed by atoms with E-state index >= 15 is 0 Å². The van der Waals surface area contributed by atoms with Gasteiger partial charge < -0.3 is 0 Å². The summed E-state index contributed by atoms with van der Waals surface area (Å²) in [6.45, 7) is 4.05. The van der Waals surface area contributed by atoms with Crippen LogP contribution in [0, 0.1) is 0 Å². The van der Waals surface area contributed by atoms with Crippen molar-refractivity contribution in [1.82, 2.24) is 0 Å². The van der Waals surface area contributed by atoms with Crippen molar-refractivity contribution in [2.24, 2.45) is 4.36 Å². The highest BCUT2D eigenvalue weighted by atomic mass is 32.2. The van der Waals surface area contributed by atoms with Crippen molar-refractivity contribution in [2.45, 2.75) is 4.90 Å². The fourth-order valence-electron chi connectivity index (χ4n) is 1.75. The maximum absolute atomic E-state index is 12.6. The van der Waals surface area contributed by atoms with Gasteiger partial charge in [0.2, 0.25) is 0 Å². The summed E-state index contributed by atoms with van der Waals surface area (Å²) < 4.78 is 16.9. The van der Waals surface area contributed by atoms with E-state index in [9.17, 15) is 4.21 Å². The van der Waals surface area contributed by atoms with E-state index < -0.39 is 9.73 Å².